The first-order valence-corrected chi connectivity index (χ1v) is 6.64. The van der Waals surface area contributed by atoms with E-state index in [4.69, 9.17) is 12.2 Å². The van der Waals surface area contributed by atoms with Crippen LogP contribution >= 0.6 is 0 Å². The molecule has 3 nitrogen and oxygen atoms in total. The zero-order valence-corrected chi connectivity index (χ0v) is 11.4. The number of imidazole rings is 1. The van der Waals surface area contributed by atoms with Crippen molar-refractivity contribution in [1.82, 2.24) is 9.55 Å². The molecule has 0 bridgehead atoms. The van der Waals surface area contributed by atoms with Crippen LogP contribution in [0.2, 0.25) is 0 Å². The average Bonchev–Trinajstić information content (AvgIpc) is 2.78. The predicted molar refractivity (Wildman–Crippen MR) is 80.4 cm³/mol. The van der Waals surface area contributed by atoms with E-state index in [1.54, 1.807) is 4.57 Å². The molecule has 0 aliphatic carbocycles. The molecule has 20 heavy (non-hydrogen) atoms. The second-order valence-corrected chi connectivity index (χ2v) is 4.90. The number of rotatable bonds is 3. The Morgan fingerprint density at radius 3 is 2.60 bits per heavy atom. The Balaban J connectivity index is 2.21. The number of aliphatic hydroxyl groups excluding tert-OH is 1. The normalized spacial score (nSPS) is 11.2. The molecule has 3 heteroatoms. The molecule has 1 N–H and O–H groups in total. The van der Waals surface area contributed by atoms with Gasteiger partial charge in [-0.1, -0.05) is 30.3 Å². The summed E-state index contributed by atoms with van der Waals surface area (Å²) >= 11 is 0. The molecule has 0 saturated carbocycles. The Kier molecular flexibility index (Phi) is 3.28. The molecule has 0 aliphatic rings. The van der Waals surface area contributed by atoms with Gasteiger partial charge < -0.3 is 9.67 Å². The summed E-state index contributed by atoms with van der Waals surface area (Å²) in [4.78, 5) is 4.51. The van der Waals surface area contributed by atoms with E-state index >= 15 is 0 Å². The first-order chi connectivity index (χ1) is 9.70. The quantitative estimate of drug-likeness (QED) is 0.789. The van der Waals surface area contributed by atoms with Crippen LogP contribution in [0.25, 0.3) is 22.2 Å². The van der Waals surface area contributed by atoms with E-state index < -0.39 is 0 Å². The minimum absolute atomic E-state index is 0.0467. The predicted octanol–water partition coefficient (Wildman–Crippen LogP) is 3.06. The number of fused-ring (bicyclic) bond motifs is 1. The van der Waals surface area contributed by atoms with Crippen molar-refractivity contribution >= 4 is 11.0 Å². The lowest BCUT2D eigenvalue weighted by Gasteiger charge is -2.05. The van der Waals surface area contributed by atoms with Crippen LogP contribution in [0.15, 0.2) is 42.5 Å². The molecular weight excluding hydrogens is 248 g/mol. The molecule has 2 radical (unpaired) electrons. The van der Waals surface area contributed by atoms with Crippen molar-refractivity contribution in [1.29, 1.82) is 0 Å². The van der Waals surface area contributed by atoms with Gasteiger partial charge in [0.15, 0.2) is 0 Å². The van der Waals surface area contributed by atoms with Crippen LogP contribution in [0, 0.1) is 14.0 Å². The molecule has 1 heterocycles. The maximum absolute atomic E-state index is 9.06. The summed E-state index contributed by atoms with van der Waals surface area (Å²) in [5.74, 6) is 0.704. The lowest BCUT2D eigenvalue weighted by Crippen LogP contribution is -1.99. The molecule has 2 aromatic carbocycles. The van der Waals surface area contributed by atoms with E-state index in [-0.39, 0.29) is 6.61 Å². The van der Waals surface area contributed by atoms with E-state index in [1.165, 1.54) is 0 Å². The Morgan fingerprint density at radius 1 is 1.15 bits per heavy atom. The third-order valence-electron chi connectivity index (χ3n) is 3.50. The van der Waals surface area contributed by atoms with Gasteiger partial charge in [-0.15, -0.1) is 0 Å². The topological polar surface area (TPSA) is 38.0 Å². The third kappa shape index (κ3) is 2.10. The minimum Gasteiger partial charge on any atom is -0.396 e. The number of aliphatic hydroxyl groups is 1. The smallest absolute Gasteiger partial charge is 0.112 e. The minimum atomic E-state index is 0.0467. The van der Waals surface area contributed by atoms with Gasteiger partial charge in [-0.25, -0.2) is 4.98 Å². The van der Waals surface area contributed by atoms with Crippen LogP contribution < -0.4 is 0 Å². The molecule has 3 aromatic rings. The van der Waals surface area contributed by atoms with Crippen LogP contribution in [0.1, 0.15) is 11.4 Å². The van der Waals surface area contributed by atoms with E-state index in [9.17, 15) is 0 Å². The molecule has 100 valence electrons. The van der Waals surface area contributed by atoms with Crippen molar-refractivity contribution in [3.63, 3.8) is 0 Å². The highest BCUT2D eigenvalue weighted by atomic mass is 16.3. The number of hydrogen-bond donors (Lipinski definition) is 1. The number of aryl methyl sites for hydroxylation is 1. The molecule has 0 amide bonds. The molecule has 0 saturated heterocycles. The summed E-state index contributed by atoms with van der Waals surface area (Å²) in [6, 6.07) is 14.4. The molecule has 3 rings (SSSR count). The maximum atomic E-state index is 9.06. The van der Waals surface area contributed by atoms with Crippen LogP contribution in [-0.2, 0) is 6.42 Å². The number of benzene rings is 2. The van der Waals surface area contributed by atoms with E-state index in [1.807, 2.05) is 31.2 Å². The Labute approximate surface area is 118 Å². The highest BCUT2D eigenvalue weighted by Crippen LogP contribution is 2.27. The number of hydrogen-bond acceptors (Lipinski definition) is 2. The van der Waals surface area contributed by atoms with Gasteiger partial charge in [0.05, 0.1) is 24.7 Å². The molecule has 0 fully saturated rings. The SMILES string of the molecule is [CH]n1c(CCO)nc2c(C)cc(-c3ccccc3)cc21. The van der Waals surface area contributed by atoms with Gasteiger partial charge in [-0.3, -0.25) is 0 Å². The largest absolute Gasteiger partial charge is 0.396 e. The van der Waals surface area contributed by atoms with E-state index in [0.29, 0.717) is 12.2 Å². The summed E-state index contributed by atoms with van der Waals surface area (Å²) in [5, 5.41) is 9.06. The van der Waals surface area contributed by atoms with Crippen LogP contribution in [0.4, 0.5) is 0 Å². The Hall–Kier alpha value is -2.13. The van der Waals surface area contributed by atoms with E-state index in [2.05, 4.69) is 23.2 Å². The molecule has 0 atom stereocenters. The Bertz CT molecular complexity index is 745. The van der Waals surface area contributed by atoms with Crippen molar-refractivity contribution in [2.75, 3.05) is 6.61 Å². The Morgan fingerprint density at radius 2 is 1.90 bits per heavy atom. The summed E-state index contributed by atoms with van der Waals surface area (Å²) in [6.45, 7) is 2.08. The van der Waals surface area contributed by atoms with Crippen LogP contribution in [0.3, 0.4) is 0 Å². The van der Waals surface area contributed by atoms with Gasteiger partial charge in [-0.05, 0) is 35.7 Å². The summed E-state index contributed by atoms with van der Waals surface area (Å²) < 4.78 is 1.57. The highest BCUT2D eigenvalue weighted by molar-refractivity contribution is 5.85. The molecule has 0 spiro atoms. The number of aromatic nitrogens is 2. The second kappa shape index (κ2) is 5.10. The highest BCUT2D eigenvalue weighted by Gasteiger charge is 2.11. The average molecular weight is 264 g/mol. The molecule has 1 aromatic heterocycles. The van der Waals surface area contributed by atoms with Crippen molar-refractivity contribution in [2.24, 2.45) is 0 Å². The fraction of sp³-hybridized carbons (Fsp3) is 0.176. The third-order valence-corrected chi connectivity index (χ3v) is 3.50. The fourth-order valence-electron chi connectivity index (χ4n) is 2.49. The molecule has 0 unspecified atom stereocenters. The van der Waals surface area contributed by atoms with Gasteiger partial charge >= 0.3 is 0 Å². The maximum Gasteiger partial charge on any atom is 0.112 e. The van der Waals surface area contributed by atoms with Crippen LogP contribution in [-0.4, -0.2) is 21.3 Å². The summed E-state index contributed by atoms with van der Waals surface area (Å²) in [7, 11) is 6.08. The van der Waals surface area contributed by atoms with Gasteiger partial charge in [0.25, 0.3) is 0 Å². The molecular formula is C17H16N2O. The van der Waals surface area contributed by atoms with Gasteiger partial charge in [0.1, 0.15) is 5.82 Å². The number of nitrogens with zero attached hydrogens (tertiary/aromatic N) is 2. The molecule has 0 aliphatic heterocycles. The van der Waals surface area contributed by atoms with E-state index in [0.717, 1.165) is 27.7 Å². The monoisotopic (exact) mass is 264 g/mol. The summed E-state index contributed by atoms with van der Waals surface area (Å²) in [6.07, 6.45) is 0.464. The van der Waals surface area contributed by atoms with Crippen molar-refractivity contribution < 1.29 is 5.11 Å². The van der Waals surface area contributed by atoms with Crippen LogP contribution in [0.5, 0.6) is 0 Å². The first kappa shape index (κ1) is 12.9. The summed E-state index contributed by atoms with van der Waals surface area (Å²) in [5.41, 5.74) is 5.16. The lowest BCUT2D eigenvalue weighted by atomic mass is 10.0. The lowest BCUT2D eigenvalue weighted by molar-refractivity contribution is 0.296. The fourth-order valence-corrected chi connectivity index (χ4v) is 2.49. The van der Waals surface area contributed by atoms with Crippen molar-refractivity contribution in [3.8, 4) is 11.1 Å². The first-order valence-electron chi connectivity index (χ1n) is 6.64. The van der Waals surface area contributed by atoms with Gasteiger partial charge in [-0.2, -0.15) is 0 Å². The van der Waals surface area contributed by atoms with Crippen molar-refractivity contribution in [2.45, 2.75) is 13.3 Å². The zero-order chi connectivity index (χ0) is 14.1. The zero-order valence-electron chi connectivity index (χ0n) is 11.4. The standard InChI is InChI=1S/C17H16N2O/c1-12-10-14(13-6-4-3-5-7-13)11-15-17(12)18-16(8-9-20)19(15)2/h2-7,10-11,20H,8-9H2,1H3. The van der Waals surface area contributed by atoms with Crippen molar-refractivity contribution in [3.05, 3.63) is 60.9 Å². The second-order valence-electron chi connectivity index (χ2n) is 4.90. The van der Waals surface area contributed by atoms with Gasteiger partial charge in [0, 0.05) is 6.42 Å². The van der Waals surface area contributed by atoms with Gasteiger partial charge in [0.2, 0.25) is 0 Å².